The van der Waals surface area contributed by atoms with Crippen molar-refractivity contribution in [1.29, 1.82) is 0 Å². The van der Waals surface area contributed by atoms with Crippen LogP contribution in [0.5, 0.6) is 5.75 Å². The molecule has 0 unspecified atom stereocenters. The van der Waals surface area contributed by atoms with Gasteiger partial charge in [0.15, 0.2) is 6.61 Å². The van der Waals surface area contributed by atoms with Crippen LogP contribution in [0.4, 0.5) is 5.69 Å². The summed E-state index contributed by atoms with van der Waals surface area (Å²) >= 11 is 0. The second-order valence-corrected chi connectivity index (χ2v) is 5.36. The first-order chi connectivity index (χ1) is 10.2. The molecule has 2 aliphatic rings. The number of rotatable bonds is 3. The lowest BCUT2D eigenvalue weighted by molar-refractivity contribution is -0.131. The molecule has 21 heavy (non-hydrogen) atoms. The molecule has 6 heteroatoms. The Morgan fingerprint density at radius 1 is 1.29 bits per heavy atom. The molecule has 1 aromatic rings. The number of likely N-dealkylation sites (tertiary alicyclic amines) is 1. The van der Waals surface area contributed by atoms with Crippen LogP contribution in [-0.2, 0) is 16.1 Å². The minimum absolute atomic E-state index is 0.00315. The third kappa shape index (κ3) is 2.71. The van der Waals surface area contributed by atoms with Gasteiger partial charge in [-0.05, 0) is 30.5 Å². The molecular formula is C15H19N3O3. The first-order valence-electron chi connectivity index (χ1n) is 7.23. The summed E-state index contributed by atoms with van der Waals surface area (Å²) in [7, 11) is 0. The number of anilines is 1. The highest BCUT2D eigenvalue weighted by Gasteiger charge is 2.29. The molecule has 3 rings (SSSR count). The fourth-order valence-electron chi connectivity index (χ4n) is 2.75. The molecule has 6 nitrogen and oxygen atoms in total. The van der Waals surface area contributed by atoms with Crippen LogP contribution < -0.4 is 15.4 Å². The Bertz CT molecular complexity index is 567. The minimum Gasteiger partial charge on any atom is -0.482 e. The van der Waals surface area contributed by atoms with Crippen molar-refractivity contribution in [2.45, 2.75) is 19.4 Å². The largest absolute Gasteiger partial charge is 0.482 e. The number of fused-ring (bicyclic) bond motifs is 1. The van der Waals surface area contributed by atoms with Gasteiger partial charge in [0.1, 0.15) is 12.3 Å². The molecule has 2 amide bonds. The van der Waals surface area contributed by atoms with Gasteiger partial charge in [-0.3, -0.25) is 14.5 Å². The molecule has 2 heterocycles. The van der Waals surface area contributed by atoms with Crippen LogP contribution in [-0.4, -0.2) is 43.0 Å². The summed E-state index contributed by atoms with van der Waals surface area (Å²) in [5.74, 6) is 0.430. The van der Waals surface area contributed by atoms with E-state index < -0.39 is 0 Å². The van der Waals surface area contributed by atoms with Crippen LogP contribution in [0.3, 0.4) is 0 Å². The van der Waals surface area contributed by atoms with E-state index in [1.165, 1.54) is 4.90 Å². The topological polar surface area (TPSA) is 75.9 Å². The molecule has 1 saturated heterocycles. The number of carbonyl (C=O) groups excluding carboxylic acids is 2. The summed E-state index contributed by atoms with van der Waals surface area (Å²) in [5.41, 5.74) is 7.20. The number of nitrogens with two attached hydrogens (primary N) is 1. The molecule has 0 radical (unpaired) electrons. The SMILES string of the molecule is NCc1ccc2c(c1)OCC(=O)N2CC(=O)N1CCCC1. The van der Waals surface area contributed by atoms with E-state index in [-0.39, 0.29) is 25.0 Å². The van der Waals surface area contributed by atoms with Crippen LogP contribution in [0.25, 0.3) is 0 Å². The zero-order valence-electron chi connectivity index (χ0n) is 11.9. The van der Waals surface area contributed by atoms with Crippen molar-refractivity contribution in [2.24, 2.45) is 5.73 Å². The van der Waals surface area contributed by atoms with E-state index in [0.29, 0.717) is 18.0 Å². The number of hydrogen-bond acceptors (Lipinski definition) is 4. The first kappa shape index (κ1) is 13.9. The lowest BCUT2D eigenvalue weighted by Gasteiger charge is -2.30. The van der Waals surface area contributed by atoms with Gasteiger partial charge in [0.05, 0.1) is 5.69 Å². The average molecular weight is 289 g/mol. The first-order valence-corrected chi connectivity index (χ1v) is 7.23. The zero-order chi connectivity index (χ0) is 14.8. The van der Waals surface area contributed by atoms with E-state index in [9.17, 15) is 9.59 Å². The molecule has 112 valence electrons. The second kappa shape index (κ2) is 5.73. The smallest absolute Gasteiger partial charge is 0.265 e. The predicted octanol–water partition coefficient (Wildman–Crippen LogP) is 0.493. The molecule has 0 atom stereocenters. The van der Waals surface area contributed by atoms with Crippen molar-refractivity contribution >= 4 is 17.5 Å². The van der Waals surface area contributed by atoms with Crippen molar-refractivity contribution in [3.63, 3.8) is 0 Å². The summed E-state index contributed by atoms with van der Waals surface area (Å²) in [6.45, 7) is 2.04. The monoisotopic (exact) mass is 289 g/mol. The number of nitrogens with zero attached hydrogens (tertiary/aromatic N) is 2. The molecule has 1 aromatic carbocycles. The highest BCUT2D eigenvalue weighted by atomic mass is 16.5. The fourth-order valence-corrected chi connectivity index (χ4v) is 2.75. The molecule has 2 N–H and O–H groups in total. The standard InChI is InChI=1S/C15H19N3O3/c16-8-11-3-4-12-13(7-11)21-10-15(20)18(12)9-14(19)17-5-1-2-6-17/h3-4,7H,1-2,5-6,8-10,16H2. The van der Waals surface area contributed by atoms with Gasteiger partial charge in [-0.15, -0.1) is 0 Å². The molecule has 0 aromatic heterocycles. The van der Waals surface area contributed by atoms with Gasteiger partial charge < -0.3 is 15.4 Å². The Morgan fingerprint density at radius 3 is 2.76 bits per heavy atom. The fraction of sp³-hybridized carbons (Fsp3) is 0.467. The van der Waals surface area contributed by atoms with E-state index in [1.807, 2.05) is 17.0 Å². The highest BCUT2D eigenvalue weighted by molar-refractivity contribution is 6.02. The summed E-state index contributed by atoms with van der Waals surface area (Å²) in [5, 5.41) is 0. The summed E-state index contributed by atoms with van der Waals surface area (Å²) in [4.78, 5) is 27.7. The van der Waals surface area contributed by atoms with Gasteiger partial charge in [0.2, 0.25) is 5.91 Å². The maximum absolute atomic E-state index is 12.3. The Balaban J connectivity index is 1.81. The number of ether oxygens (including phenoxy) is 1. The number of amides is 2. The van der Waals surface area contributed by atoms with Crippen molar-refractivity contribution in [1.82, 2.24) is 4.90 Å². The Morgan fingerprint density at radius 2 is 2.05 bits per heavy atom. The van der Waals surface area contributed by atoms with Crippen LogP contribution in [0.15, 0.2) is 18.2 Å². The Hall–Kier alpha value is -2.08. The van der Waals surface area contributed by atoms with Gasteiger partial charge in [-0.1, -0.05) is 6.07 Å². The van der Waals surface area contributed by atoms with E-state index in [2.05, 4.69) is 0 Å². The van der Waals surface area contributed by atoms with Crippen molar-refractivity contribution < 1.29 is 14.3 Å². The van der Waals surface area contributed by atoms with Crippen LogP contribution in [0, 0.1) is 0 Å². The molecule has 0 aliphatic carbocycles. The zero-order valence-corrected chi connectivity index (χ0v) is 11.9. The molecule has 2 aliphatic heterocycles. The normalized spacial score (nSPS) is 17.7. The molecule has 0 spiro atoms. The maximum atomic E-state index is 12.3. The van der Waals surface area contributed by atoms with Gasteiger partial charge in [0, 0.05) is 19.6 Å². The highest BCUT2D eigenvalue weighted by Crippen LogP contribution is 2.33. The average Bonchev–Trinajstić information content (AvgIpc) is 3.04. The van der Waals surface area contributed by atoms with E-state index in [0.717, 1.165) is 31.5 Å². The summed E-state index contributed by atoms with van der Waals surface area (Å²) in [6.07, 6.45) is 2.08. The van der Waals surface area contributed by atoms with Gasteiger partial charge in [-0.2, -0.15) is 0 Å². The minimum atomic E-state index is -0.185. The lowest BCUT2D eigenvalue weighted by atomic mass is 10.1. The van der Waals surface area contributed by atoms with E-state index in [4.69, 9.17) is 10.5 Å². The number of carbonyl (C=O) groups is 2. The van der Waals surface area contributed by atoms with Crippen LogP contribution >= 0.6 is 0 Å². The van der Waals surface area contributed by atoms with Crippen LogP contribution in [0.1, 0.15) is 18.4 Å². The molecular weight excluding hydrogens is 270 g/mol. The van der Waals surface area contributed by atoms with E-state index in [1.54, 1.807) is 6.07 Å². The van der Waals surface area contributed by atoms with Gasteiger partial charge in [0.25, 0.3) is 5.91 Å². The summed E-state index contributed by atoms with van der Waals surface area (Å²) < 4.78 is 5.44. The third-order valence-electron chi connectivity index (χ3n) is 3.96. The Kier molecular flexibility index (Phi) is 3.79. The Labute approximate surface area is 123 Å². The van der Waals surface area contributed by atoms with Gasteiger partial charge in [-0.25, -0.2) is 0 Å². The van der Waals surface area contributed by atoms with Crippen molar-refractivity contribution in [3.8, 4) is 5.75 Å². The van der Waals surface area contributed by atoms with E-state index >= 15 is 0 Å². The van der Waals surface area contributed by atoms with Gasteiger partial charge >= 0.3 is 0 Å². The number of hydrogen-bond donors (Lipinski definition) is 1. The van der Waals surface area contributed by atoms with Crippen molar-refractivity contribution in [3.05, 3.63) is 23.8 Å². The molecule has 1 fully saturated rings. The quantitative estimate of drug-likeness (QED) is 0.879. The van der Waals surface area contributed by atoms with Crippen LogP contribution in [0.2, 0.25) is 0 Å². The predicted molar refractivity (Wildman–Crippen MR) is 78.0 cm³/mol. The lowest BCUT2D eigenvalue weighted by Crippen LogP contribution is -2.45. The molecule has 0 bridgehead atoms. The second-order valence-electron chi connectivity index (χ2n) is 5.36. The summed E-state index contributed by atoms with van der Waals surface area (Å²) in [6, 6.07) is 5.48. The molecule has 0 saturated carbocycles. The maximum Gasteiger partial charge on any atom is 0.265 e. The van der Waals surface area contributed by atoms with Crippen molar-refractivity contribution in [2.75, 3.05) is 31.1 Å². The third-order valence-corrected chi connectivity index (χ3v) is 3.96. The number of benzene rings is 1.